The first-order valence-electron chi connectivity index (χ1n) is 6.03. The zero-order valence-corrected chi connectivity index (χ0v) is 11.1. The van der Waals surface area contributed by atoms with E-state index in [9.17, 15) is 9.18 Å². The molecule has 98 valence electrons. The molecule has 1 saturated carbocycles. The molecule has 0 N–H and O–H groups in total. The summed E-state index contributed by atoms with van der Waals surface area (Å²) >= 11 is 5.80. The molecule has 0 aromatic carbocycles. The molecule has 0 amide bonds. The zero-order chi connectivity index (χ0) is 13.3. The minimum Gasteiger partial charge on any atom is -0.465 e. The molecule has 0 aliphatic heterocycles. The Morgan fingerprint density at radius 3 is 2.83 bits per heavy atom. The maximum Gasteiger partial charge on any atom is 0.315 e. The van der Waals surface area contributed by atoms with Gasteiger partial charge in [0.05, 0.1) is 23.0 Å². The highest BCUT2D eigenvalue weighted by atomic mass is 35.5. The quantitative estimate of drug-likeness (QED) is 0.789. The van der Waals surface area contributed by atoms with Gasteiger partial charge in [0.25, 0.3) is 0 Å². The fourth-order valence-electron chi connectivity index (χ4n) is 2.02. The van der Waals surface area contributed by atoms with E-state index in [4.69, 9.17) is 16.3 Å². The second-order valence-corrected chi connectivity index (χ2v) is 4.90. The standard InChI is InChI=1S/C13H15ClFNO2/c1-3-18-13(17)11(8-4-5-8)10-6-9(14)12(15)7(2)16-10/h6,8,11H,3-5H2,1-2H3. The number of hydrogen-bond donors (Lipinski definition) is 0. The van der Waals surface area contributed by atoms with Gasteiger partial charge in [0.15, 0.2) is 5.82 Å². The van der Waals surface area contributed by atoms with Crippen molar-refractivity contribution in [1.29, 1.82) is 0 Å². The van der Waals surface area contributed by atoms with Crippen molar-refractivity contribution in [1.82, 2.24) is 4.98 Å². The second-order valence-electron chi connectivity index (χ2n) is 4.50. The van der Waals surface area contributed by atoms with Crippen LogP contribution in [0.4, 0.5) is 4.39 Å². The lowest BCUT2D eigenvalue weighted by molar-refractivity contribution is -0.145. The van der Waals surface area contributed by atoms with E-state index in [-0.39, 0.29) is 22.6 Å². The van der Waals surface area contributed by atoms with Gasteiger partial charge in [-0.25, -0.2) is 4.39 Å². The number of nitrogens with zero attached hydrogens (tertiary/aromatic N) is 1. The fraction of sp³-hybridized carbons (Fsp3) is 0.538. The Kier molecular flexibility index (Phi) is 3.85. The minimum atomic E-state index is -0.529. The zero-order valence-electron chi connectivity index (χ0n) is 10.4. The molecule has 2 rings (SSSR count). The van der Waals surface area contributed by atoms with Crippen LogP contribution in [0.2, 0.25) is 5.02 Å². The maximum absolute atomic E-state index is 13.4. The number of aryl methyl sites for hydroxylation is 1. The highest BCUT2D eigenvalue weighted by Gasteiger charge is 2.39. The summed E-state index contributed by atoms with van der Waals surface area (Å²) in [6, 6.07) is 1.43. The predicted octanol–water partition coefficient (Wildman–Crippen LogP) is 3.24. The predicted molar refractivity (Wildman–Crippen MR) is 66.0 cm³/mol. The summed E-state index contributed by atoms with van der Waals surface area (Å²) in [6.45, 7) is 3.63. The Morgan fingerprint density at radius 2 is 2.33 bits per heavy atom. The van der Waals surface area contributed by atoms with Crippen LogP contribution in [0.15, 0.2) is 6.07 Å². The van der Waals surface area contributed by atoms with Crippen LogP contribution in [0.25, 0.3) is 0 Å². The van der Waals surface area contributed by atoms with Gasteiger partial charge in [-0.3, -0.25) is 9.78 Å². The van der Waals surface area contributed by atoms with Gasteiger partial charge in [-0.2, -0.15) is 0 Å². The van der Waals surface area contributed by atoms with Gasteiger partial charge in [-0.05, 0) is 38.7 Å². The number of rotatable bonds is 4. The number of ether oxygens (including phenoxy) is 1. The summed E-state index contributed by atoms with van der Waals surface area (Å²) in [5.41, 5.74) is 0.729. The van der Waals surface area contributed by atoms with Crippen LogP contribution in [0.3, 0.4) is 0 Å². The number of esters is 1. The third-order valence-corrected chi connectivity index (χ3v) is 3.33. The Hall–Kier alpha value is -1.16. The molecule has 0 bridgehead atoms. The largest absolute Gasteiger partial charge is 0.465 e. The summed E-state index contributed by atoms with van der Waals surface area (Å²) in [6.07, 6.45) is 1.94. The topological polar surface area (TPSA) is 39.2 Å². The fourth-order valence-corrected chi connectivity index (χ4v) is 2.27. The molecule has 5 heteroatoms. The van der Waals surface area contributed by atoms with Crippen LogP contribution in [0.5, 0.6) is 0 Å². The van der Waals surface area contributed by atoms with Gasteiger partial charge in [0, 0.05) is 0 Å². The van der Waals surface area contributed by atoms with Crippen molar-refractivity contribution < 1.29 is 13.9 Å². The molecule has 1 aromatic heterocycles. The maximum atomic E-state index is 13.4. The Labute approximate surface area is 110 Å². The van der Waals surface area contributed by atoms with E-state index >= 15 is 0 Å². The van der Waals surface area contributed by atoms with Gasteiger partial charge >= 0.3 is 5.97 Å². The highest BCUT2D eigenvalue weighted by molar-refractivity contribution is 6.30. The number of carbonyl (C=O) groups excluding carboxylic acids is 1. The smallest absolute Gasteiger partial charge is 0.315 e. The van der Waals surface area contributed by atoms with E-state index in [0.717, 1.165) is 12.8 Å². The lowest BCUT2D eigenvalue weighted by Gasteiger charge is -2.15. The molecule has 1 fully saturated rings. The number of halogens is 2. The molecule has 18 heavy (non-hydrogen) atoms. The molecule has 1 atom stereocenters. The molecule has 0 saturated heterocycles. The first-order valence-corrected chi connectivity index (χ1v) is 6.41. The summed E-state index contributed by atoms with van der Waals surface area (Å²) in [7, 11) is 0. The molecule has 0 spiro atoms. The van der Waals surface area contributed by atoms with Crippen molar-refractivity contribution in [2.75, 3.05) is 6.61 Å². The third-order valence-electron chi connectivity index (χ3n) is 3.05. The average molecular weight is 272 g/mol. The van der Waals surface area contributed by atoms with Crippen LogP contribution >= 0.6 is 11.6 Å². The third kappa shape index (κ3) is 2.64. The van der Waals surface area contributed by atoms with Crippen molar-refractivity contribution >= 4 is 17.6 Å². The van der Waals surface area contributed by atoms with Gasteiger partial charge in [-0.1, -0.05) is 11.6 Å². The summed E-state index contributed by atoms with van der Waals surface area (Å²) in [5.74, 6) is -0.993. The molecule has 1 aliphatic carbocycles. The molecule has 3 nitrogen and oxygen atoms in total. The molecular weight excluding hydrogens is 257 g/mol. The second kappa shape index (κ2) is 5.22. The molecule has 1 aliphatic rings. The number of pyridine rings is 1. The van der Waals surface area contributed by atoms with E-state index in [1.54, 1.807) is 13.8 Å². The Balaban J connectivity index is 2.34. The SMILES string of the molecule is CCOC(=O)C(c1cc(Cl)c(F)c(C)n1)C1CC1. The van der Waals surface area contributed by atoms with E-state index in [0.29, 0.717) is 12.3 Å². The average Bonchev–Trinajstić information content (AvgIpc) is 3.11. The first-order chi connectivity index (χ1) is 8.54. The van der Waals surface area contributed by atoms with Crippen molar-refractivity contribution in [3.63, 3.8) is 0 Å². The molecule has 1 unspecified atom stereocenters. The van der Waals surface area contributed by atoms with E-state index < -0.39 is 11.7 Å². The molecule has 0 radical (unpaired) electrons. The number of hydrogen-bond acceptors (Lipinski definition) is 3. The molecule has 1 aromatic rings. The summed E-state index contributed by atoms with van der Waals surface area (Å²) in [4.78, 5) is 16.1. The van der Waals surface area contributed by atoms with Gasteiger partial charge in [-0.15, -0.1) is 0 Å². The van der Waals surface area contributed by atoms with Crippen molar-refractivity contribution in [3.05, 3.63) is 28.3 Å². The van der Waals surface area contributed by atoms with E-state index in [1.165, 1.54) is 6.07 Å². The van der Waals surface area contributed by atoms with E-state index in [1.807, 2.05) is 0 Å². The van der Waals surface area contributed by atoms with Crippen LogP contribution in [0.1, 0.15) is 37.1 Å². The number of carbonyl (C=O) groups is 1. The molecular formula is C13H15ClFNO2. The van der Waals surface area contributed by atoms with Crippen molar-refractivity contribution in [3.8, 4) is 0 Å². The first kappa shape index (κ1) is 13.3. The lowest BCUT2D eigenvalue weighted by atomic mass is 9.99. The van der Waals surface area contributed by atoms with Crippen LogP contribution in [-0.2, 0) is 9.53 Å². The Bertz CT molecular complexity index is 451. The van der Waals surface area contributed by atoms with Crippen LogP contribution in [0, 0.1) is 18.7 Å². The highest BCUT2D eigenvalue weighted by Crippen LogP contribution is 2.43. The van der Waals surface area contributed by atoms with Gasteiger partial charge in [0.1, 0.15) is 5.92 Å². The lowest BCUT2D eigenvalue weighted by Crippen LogP contribution is -2.19. The van der Waals surface area contributed by atoms with Crippen LogP contribution < -0.4 is 0 Å². The van der Waals surface area contributed by atoms with E-state index in [2.05, 4.69) is 4.98 Å². The van der Waals surface area contributed by atoms with Crippen molar-refractivity contribution in [2.45, 2.75) is 32.6 Å². The normalized spacial score (nSPS) is 16.4. The monoisotopic (exact) mass is 271 g/mol. The molecule has 1 heterocycles. The van der Waals surface area contributed by atoms with Crippen molar-refractivity contribution in [2.24, 2.45) is 5.92 Å². The Morgan fingerprint density at radius 1 is 1.67 bits per heavy atom. The van der Waals surface area contributed by atoms with Gasteiger partial charge < -0.3 is 4.74 Å². The minimum absolute atomic E-state index is 0.00690. The summed E-state index contributed by atoms with van der Waals surface area (Å²) < 4.78 is 18.5. The summed E-state index contributed by atoms with van der Waals surface area (Å²) in [5, 5.41) is 0.00690. The number of aromatic nitrogens is 1. The van der Waals surface area contributed by atoms with Gasteiger partial charge in [0.2, 0.25) is 0 Å². The van der Waals surface area contributed by atoms with Crippen LogP contribution in [-0.4, -0.2) is 17.6 Å².